The zero-order valence-corrected chi connectivity index (χ0v) is 26.6. The summed E-state index contributed by atoms with van der Waals surface area (Å²) in [5, 5.41) is 3.56. The molecule has 1 amide bonds. The summed E-state index contributed by atoms with van der Waals surface area (Å²) in [6.45, 7) is 11.4. The molecule has 4 aromatic rings. The van der Waals surface area contributed by atoms with E-state index in [1.807, 2.05) is 83.1 Å². The number of carbonyl (C=O) groups excluding carboxylic acids is 2. The predicted octanol–water partition coefficient (Wildman–Crippen LogP) is 5.76. The zero-order valence-electron chi connectivity index (χ0n) is 25.8. The van der Waals surface area contributed by atoms with E-state index in [0.717, 1.165) is 40.6 Å². The molecule has 44 heavy (non-hydrogen) atoms. The Morgan fingerprint density at radius 1 is 1.02 bits per heavy atom. The molecule has 228 valence electrons. The molecule has 1 N–H and O–H groups in total. The first kappa shape index (κ1) is 30.2. The Morgan fingerprint density at radius 3 is 2.55 bits per heavy atom. The number of aromatic nitrogens is 2. The summed E-state index contributed by atoms with van der Waals surface area (Å²) in [6, 6.07) is 17.4. The number of anilines is 2. The van der Waals surface area contributed by atoms with Gasteiger partial charge in [0.2, 0.25) is 0 Å². The monoisotopic (exact) mass is 612 g/mol. The lowest BCUT2D eigenvalue weighted by Gasteiger charge is -2.32. The number of fused-ring (bicyclic) bond motifs is 2. The Balaban J connectivity index is 1.28. The first-order valence-corrected chi connectivity index (χ1v) is 15.9. The van der Waals surface area contributed by atoms with Gasteiger partial charge in [-0.15, -0.1) is 0 Å². The number of rotatable bonds is 8. The number of unbranched alkanes of at least 4 members (excludes halogenated alkanes) is 1. The predicted molar refractivity (Wildman–Crippen MR) is 174 cm³/mol. The summed E-state index contributed by atoms with van der Waals surface area (Å²) >= 11 is 1.45. The number of esters is 1. The van der Waals surface area contributed by atoms with E-state index >= 15 is 0 Å². The van der Waals surface area contributed by atoms with Crippen molar-refractivity contribution in [3.63, 3.8) is 0 Å². The van der Waals surface area contributed by atoms with Crippen LogP contribution in [0.25, 0.3) is 10.2 Å². The van der Waals surface area contributed by atoms with Crippen molar-refractivity contribution in [2.24, 2.45) is 0 Å². The van der Waals surface area contributed by atoms with Gasteiger partial charge in [-0.3, -0.25) is 10.1 Å². The number of nitrogens with one attached hydrogen (secondary N) is 1. The van der Waals surface area contributed by atoms with Gasteiger partial charge in [-0.05, 0) is 75.9 Å². The number of ether oxygens (including phenoxy) is 1. The minimum Gasteiger partial charge on any atom is -0.461 e. The highest BCUT2D eigenvalue weighted by atomic mass is 32.1. The van der Waals surface area contributed by atoms with Gasteiger partial charge in [-0.2, -0.15) is 0 Å². The summed E-state index contributed by atoms with van der Waals surface area (Å²) in [5.41, 5.74) is 3.09. The molecular formula is C33H37BN4O5S. The van der Waals surface area contributed by atoms with Crippen LogP contribution in [0.15, 0.2) is 54.6 Å². The van der Waals surface area contributed by atoms with Crippen LogP contribution >= 0.6 is 11.3 Å². The molecule has 6 rings (SSSR count). The number of amides is 1. The van der Waals surface area contributed by atoms with Crippen molar-refractivity contribution in [2.75, 3.05) is 23.4 Å². The quantitative estimate of drug-likeness (QED) is 0.152. The molecule has 0 spiro atoms. The summed E-state index contributed by atoms with van der Waals surface area (Å²) < 4.78 is 19.2. The molecular weight excluding hydrogens is 575 g/mol. The van der Waals surface area contributed by atoms with Crippen LogP contribution in [0.3, 0.4) is 0 Å². The van der Waals surface area contributed by atoms with Gasteiger partial charge < -0.3 is 18.9 Å². The van der Waals surface area contributed by atoms with E-state index in [1.165, 1.54) is 11.3 Å². The fraction of sp³-hybridized carbons (Fsp3) is 0.394. The Hall–Kier alpha value is -3.80. The van der Waals surface area contributed by atoms with Crippen LogP contribution in [-0.4, -0.2) is 53.3 Å². The van der Waals surface area contributed by atoms with Crippen molar-refractivity contribution in [3.8, 4) is 0 Å². The van der Waals surface area contributed by atoms with Crippen LogP contribution in [0, 0.1) is 0 Å². The van der Waals surface area contributed by atoms with Crippen LogP contribution in [-0.2, 0) is 27.0 Å². The molecule has 0 atom stereocenters. The zero-order chi connectivity index (χ0) is 31.1. The minimum absolute atomic E-state index is 0.185. The molecule has 0 bridgehead atoms. The molecule has 11 heteroatoms. The maximum absolute atomic E-state index is 13.5. The number of pyridine rings is 1. The molecule has 0 radical (unpaired) electrons. The molecule has 9 nitrogen and oxygen atoms in total. The number of thiazole rings is 1. The molecule has 4 heterocycles. The fourth-order valence-electron chi connectivity index (χ4n) is 5.42. The fourth-order valence-corrected chi connectivity index (χ4v) is 6.28. The van der Waals surface area contributed by atoms with Gasteiger partial charge >= 0.3 is 13.1 Å². The van der Waals surface area contributed by atoms with Crippen LogP contribution < -0.4 is 15.7 Å². The number of nitrogens with zero attached hydrogens (tertiary/aromatic N) is 3. The standard InChI is InChI=1S/C33H37BN4O5S/c1-6-7-19-41-30(40)28-24(34-42-32(2,3)33(4,5)43-34)15-16-27(36-28)38-18-17-21-11-10-12-22(23(21)20-38)29(39)37-31-35-25-13-8-9-14-26(25)44-31/h8-16H,6-7,17-20H2,1-5H3,(H,35,37,39). The van der Waals surface area contributed by atoms with E-state index in [1.54, 1.807) is 0 Å². The molecule has 2 aliphatic rings. The molecule has 0 saturated carbocycles. The van der Waals surface area contributed by atoms with Crippen molar-refractivity contribution in [1.82, 2.24) is 9.97 Å². The highest BCUT2D eigenvalue weighted by Gasteiger charge is 2.53. The Morgan fingerprint density at radius 2 is 1.80 bits per heavy atom. The molecule has 0 aliphatic carbocycles. The van der Waals surface area contributed by atoms with Crippen molar-refractivity contribution in [2.45, 2.75) is 71.6 Å². The van der Waals surface area contributed by atoms with Gasteiger partial charge in [-0.1, -0.05) is 55.0 Å². The largest absolute Gasteiger partial charge is 0.497 e. The van der Waals surface area contributed by atoms with E-state index < -0.39 is 24.3 Å². The van der Waals surface area contributed by atoms with E-state index in [2.05, 4.69) is 21.3 Å². The van der Waals surface area contributed by atoms with Crippen LogP contribution in [0.1, 0.15) is 79.4 Å². The highest BCUT2D eigenvalue weighted by molar-refractivity contribution is 7.22. The first-order valence-electron chi connectivity index (χ1n) is 15.1. The molecule has 1 saturated heterocycles. The molecule has 1 fully saturated rings. The van der Waals surface area contributed by atoms with Gasteiger partial charge in [0.05, 0.1) is 28.0 Å². The normalized spacial score (nSPS) is 17.0. The van der Waals surface area contributed by atoms with Crippen molar-refractivity contribution in [3.05, 3.63) is 77.0 Å². The van der Waals surface area contributed by atoms with Gasteiger partial charge in [0.25, 0.3) is 5.91 Å². The lowest BCUT2D eigenvalue weighted by molar-refractivity contribution is 0.00578. The Labute approximate surface area is 262 Å². The Kier molecular flexibility index (Phi) is 8.21. The van der Waals surface area contributed by atoms with Crippen LogP contribution in [0.5, 0.6) is 0 Å². The molecule has 2 aliphatic heterocycles. The Bertz CT molecular complexity index is 1670. The van der Waals surface area contributed by atoms with E-state index in [-0.39, 0.29) is 11.6 Å². The lowest BCUT2D eigenvalue weighted by Crippen LogP contribution is -2.41. The van der Waals surface area contributed by atoms with Crippen molar-refractivity contribution >= 4 is 57.0 Å². The number of benzene rings is 2. The second-order valence-electron chi connectivity index (χ2n) is 12.2. The molecule has 2 aromatic heterocycles. The van der Waals surface area contributed by atoms with Crippen molar-refractivity contribution in [1.29, 1.82) is 0 Å². The third kappa shape index (κ3) is 5.83. The maximum Gasteiger partial charge on any atom is 0.497 e. The average Bonchev–Trinajstić information content (AvgIpc) is 3.51. The lowest BCUT2D eigenvalue weighted by atomic mass is 9.77. The third-order valence-corrected chi connectivity index (χ3v) is 9.65. The maximum atomic E-state index is 13.5. The van der Waals surface area contributed by atoms with Crippen LogP contribution in [0.2, 0.25) is 0 Å². The summed E-state index contributed by atoms with van der Waals surface area (Å²) in [6.07, 6.45) is 2.41. The smallest absolute Gasteiger partial charge is 0.461 e. The van der Waals surface area contributed by atoms with Gasteiger partial charge in [-0.25, -0.2) is 14.8 Å². The van der Waals surface area contributed by atoms with E-state index in [4.69, 9.17) is 19.0 Å². The first-order chi connectivity index (χ1) is 21.1. The molecule has 0 unspecified atom stereocenters. The van der Waals surface area contributed by atoms with Crippen molar-refractivity contribution < 1.29 is 23.6 Å². The minimum atomic E-state index is -0.754. The number of para-hydroxylation sites is 1. The summed E-state index contributed by atoms with van der Waals surface area (Å²) in [5.74, 6) is -0.0786. The summed E-state index contributed by atoms with van der Waals surface area (Å²) in [4.78, 5) is 38.4. The number of hydrogen-bond donors (Lipinski definition) is 1. The summed E-state index contributed by atoms with van der Waals surface area (Å²) in [7, 11) is -0.754. The second kappa shape index (κ2) is 11.9. The number of carbonyl (C=O) groups is 2. The SMILES string of the molecule is CCCCOC(=O)c1nc(N2CCc3cccc(C(=O)Nc4nc5ccccc5s4)c3C2)ccc1B1OC(C)(C)C(C)(C)O1. The second-order valence-corrected chi connectivity index (χ2v) is 13.3. The number of hydrogen-bond acceptors (Lipinski definition) is 9. The highest BCUT2D eigenvalue weighted by Crippen LogP contribution is 2.37. The topological polar surface area (TPSA) is 103 Å². The van der Waals surface area contributed by atoms with E-state index in [0.29, 0.717) is 41.7 Å². The van der Waals surface area contributed by atoms with Gasteiger partial charge in [0.15, 0.2) is 10.8 Å². The third-order valence-electron chi connectivity index (χ3n) is 8.70. The van der Waals surface area contributed by atoms with E-state index in [9.17, 15) is 9.59 Å². The van der Waals surface area contributed by atoms with Gasteiger partial charge in [0.1, 0.15) is 5.82 Å². The molecule has 2 aromatic carbocycles. The van der Waals surface area contributed by atoms with Crippen LogP contribution in [0.4, 0.5) is 10.9 Å². The average molecular weight is 613 g/mol. The van der Waals surface area contributed by atoms with Gasteiger partial charge in [0, 0.05) is 24.1 Å².